The number of nitrogens with one attached hydrogen (secondary N) is 1. The zero-order chi connectivity index (χ0) is 13.1. The molecule has 1 atom stereocenters. The maximum atomic E-state index is 10.7. The SMILES string of the molecule is CC(Nc1cc(N)cc([N+](=O)[O-])c1)c1ccsc1. The van der Waals surface area contributed by atoms with Crippen LogP contribution in [0.5, 0.6) is 0 Å². The van der Waals surface area contributed by atoms with Gasteiger partial charge in [-0.05, 0) is 35.4 Å². The predicted octanol–water partition coefficient (Wildman–Crippen LogP) is 3.41. The van der Waals surface area contributed by atoms with Gasteiger partial charge < -0.3 is 11.1 Å². The number of nitrogens with zero attached hydrogens (tertiary/aromatic N) is 1. The quantitative estimate of drug-likeness (QED) is 0.503. The number of nitrogens with two attached hydrogens (primary N) is 1. The molecule has 0 aliphatic rings. The Balaban J connectivity index is 2.21. The predicted molar refractivity (Wildman–Crippen MR) is 73.9 cm³/mol. The number of anilines is 2. The molecule has 0 radical (unpaired) electrons. The van der Waals surface area contributed by atoms with Gasteiger partial charge in [0.1, 0.15) is 0 Å². The van der Waals surface area contributed by atoms with Crippen LogP contribution >= 0.6 is 11.3 Å². The smallest absolute Gasteiger partial charge is 0.273 e. The van der Waals surface area contributed by atoms with Gasteiger partial charge in [0.05, 0.1) is 4.92 Å². The zero-order valence-corrected chi connectivity index (χ0v) is 10.6. The average molecular weight is 263 g/mol. The monoisotopic (exact) mass is 263 g/mol. The molecule has 6 heteroatoms. The molecule has 0 spiro atoms. The molecule has 0 aliphatic carbocycles. The van der Waals surface area contributed by atoms with Gasteiger partial charge >= 0.3 is 0 Å². The largest absolute Gasteiger partial charge is 0.398 e. The van der Waals surface area contributed by atoms with E-state index in [-0.39, 0.29) is 11.7 Å². The molecule has 18 heavy (non-hydrogen) atoms. The number of hydrogen-bond acceptors (Lipinski definition) is 5. The maximum absolute atomic E-state index is 10.7. The third-order valence-electron chi connectivity index (χ3n) is 2.58. The standard InChI is InChI=1S/C12H13N3O2S/c1-8(9-2-3-18-7-9)14-11-4-10(13)5-12(6-11)15(16)17/h2-8,14H,13H2,1H3. The van der Waals surface area contributed by atoms with E-state index < -0.39 is 4.92 Å². The lowest BCUT2D eigenvalue weighted by atomic mass is 10.1. The fraction of sp³-hybridized carbons (Fsp3) is 0.167. The van der Waals surface area contributed by atoms with Crippen molar-refractivity contribution in [2.45, 2.75) is 13.0 Å². The van der Waals surface area contributed by atoms with Crippen LogP contribution in [-0.4, -0.2) is 4.92 Å². The molecule has 5 nitrogen and oxygen atoms in total. The maximum Gasteiger partial charge on any atom is 0.273 e. The van der Waals surface area contributed by atoms with Crippen LogP contribution in [0.15, 0.2) is 35.0 Å². The van der Waals surface area contributed by atoms with Crippen LogP contribution in [-0.2, 0) is 0 Å². The Morgan fingerprint density at radius 1 is 1.44 bits per heavy atom. The second-order valence-electron chi connectivity index (χ2n) is 3.99. The van der Waals surface area contributed by atoms with Crippen molar-refractivity contribution in [1.82, 2.24) is 0 Å². The molecular formula is C12H13N3O2S. The lowest BCUT2D eigenvalue weighted by Gasteiger charge is -2.14. The van der Waals surface area contributed by atoms with Crippen LogP contribution in [0.4, 0.5) is 17.1 Å². The fourth-order valence-electron chi connectivity index (χ4n) is 1.68. The number of nitro groups is 1. The summed E-state index contributed by atoms with van der Waals surface area (Å²) in [6.45, 7) is 2.00. The summed E-state index contributed by atoms with van der Waals surface area (Å²) in [5, 5.41) is 18.0. The van der Waals surface area contributed by atoms with Gasteiger partial charge in [-0.2, -0.15) is 11.3 Å². The summed E-state index contributed by atoms with van der Waals surface area (Å²) in [7, 11) is 0. The molecule has 2 aromatic rings. The molecule has 0 saturated carbocycles. The molecule has 0 fully saturated rings. The summed E-state index contributed by atoms with van der Waals surface area (Å²) in [6.07, 6.45) is 0. The highest BCUT2D eigenvalue weighted by Crippen LogP contribution is 2.26. The van der Waals surface area contributed by atoms with Gasteiger partial charge in [-0.3, -0.25) is 10.1 Å². The molecule has 0 bridgehead atoms. The third kappa shape index (κ3) is 2.78. The first-order valence-corrected chi connectivity index (χ1v) is 6.34. The second-order valence-corrected chi connectivity index (χ2v) is 4.77. The van der Waals surface area contributed by atoms with Gasteiger partial charge in [0.25, 0.3) is 5.69 Å². The van der Waals surface area contributed by atoms with E-state index in [1.165, 1.54) is 12.1 Å². The minimum Gasteiger partial charge on any atom is -0.398 e. The highest BCUT2D eigenvalue weighted by atomic mass is 32.1. The van der Waals surface area contributed by atoms with E-state index >= 15 is 0 Å². The Morgan fingerprint density at radius 2 is 2.22 bits per heavy atom. The van der Waals surface area contributed by atoms with Crippen LogP contribution in [0, 0.1) is 10.1 Å². The number of thiophene rings is 1. The van der Waals surface area contributed by atoms with Gasteiger partial charge in [-0.15, -0.1) is 0 Å². The van der Waals surface area contributed by atoms with E-state index in [2.05, 4.69) is 5.32 Å². The van der Waals surface area contributed by atoms with Crippen molar-refractivity contribution in [2.24, 2.45) is 0 Å². The molecule has 1 heterocycles. The van der Waals surface area contributed by atoms with Crippen molar-refractivity contribution >= 4 is 28.4 Å². The lowest BCUT2D eigenvalue weighted by Crippen LogP contribution is -2.06. The first-order valence-electron chi connectivity index (χ1n) is 5.40. The molecule has 2 rings (SSSR count). The van der Waals surface area contributed by atoms with E-state index in [0.29, 0.717) is 11.4 Å². The lowest BCUT2D eigenvalue weighted by molar-refractivity contribution is -0.384. The van der Waals surface area contributed by atoms with Gasteiger partial charge in [0.15, 0.2) is 0 Å². The van der Waals surface area contributed by atoms with E-state index in [9.17, 15) is 10.1 Å². The van der Waals surface area contributed by atoms with Gasteiger partial charge in [-0.25, -0.2) is 0 Å². The molecular weight excluding hydrogens is 250 g/mol. The van der Waals surface area contributed by atoms with Crippen molar-refractivity contribution in [3.05, 3.63) is 50.7 Å². The number of rotatable bonds is 4. The Labute approximate surface area is 108 Å². The van der Waals surface area contributed by atoms with Gasteiger partial charge in [0, 0.05) is 29.5 Å². The Kier molecular flexibility index (Phi) is 3.47. The molecule has 3 N–H and O–H groups in total. The Morgan fingerprint density at radius 3 is 2.83 bits per heavy atom. The normalized spacial score (nSPS) is 12.1. The first-order chi connectivity index (χ1) is 8.56. The zero-order valence-electron chi connectivity index (χ0n) is 9.79. The van der Waals surface area contributed by atoms with Crippen molar-refractivity contribution in [3.8, 4) is 0 Å². The third-order valence-corrected chi connectivity index (χ3v) is 3.28. The van der Waals surface area contributed by atoms with E-state index in [1.54, 1.807) is 17.4 Å². The second kappa shape index (κ2) is 5.05. The number of nitro benzene ring substituents is 1. The first kappa shape index (κ1) is 12.4. The Hall–Kier alpha value is -2.08. The summed E-state index contributed by atoms with van der Waals surface area (Å²) in [5.74, 6) is 0. The molecule has 1 aromatic carbocycles. The molecule has 0 saturated heterocycles. The van der Waals surface area contributed by atoms with Crippen LogP contribution < -0.4 is 11.1 Å². The van der Waals surface area contributed by atoms with Crippen LogP contribution in [0.3, 0.4) is 0 Å². The van der Waals surface area contributed by atoms with E-state index in [0.717, 1.165) is 5.56 Å². The van der Waals surface area contributed by atoms with Crippen molar-refractivity contribution in [2.75, 3.05) is 11.1 Å². The number of benzene rings is 1. The summed E-state index contributed by atoms with van der Waals surface area (Å²) in [6, 6.07) is 6.62. The minimum absolute atomic E-state index is 0.00461. The van der Waals surface area contributed by atoms with Crippen LogP contribution in [0.25, 0.3) is 0 Å². The molecule has 1 unspecified atom stereocenters. The number of hydrogen-bond donors (Lipinski definition) is 2. The number of nitrogen functional groups attached to an aromatic ring is 1. The summed E-state index contributed by atoms with van der Waals surface area (Å²) in [5.41, 5.74) is 7.82. The minimum atomic E-state index is -0.448. The molecule has 0 aliphatic heterocycles. The summed E-state index contributed by atoms with van der Waals surface area (Å²) < 4.78 is 0. The van der Waals surface area contributed by atoms with Crippen molar-refractivity contribution in [1.29, 1.82) is 0 Å². The van der Waals surface area contributed by atoms with Gasteiger partial charge in [0.2, 0.25) is 0 Å². The van der Waals surface area contributed by atoms with Gasteiger partial charge in [-0.1, -0.05) is 0 Å². The average Bonchev–Trinajstić information content (AvgIpc) is 2.81. The topological polar surface area (TPSA) is 81.2 Å². The fourth-order valence-corrected chi connectivity index (χ4v) is 2.43. The molecule has 0 amide bonds. The summed E-state index contributed by atoms with van der Waals surface area (Å²) in [4.78, 5) is 10.3. The van der Waals surface area contributed by atoms with Crippen molar-refractivity contribution < 1.29 is 4.92 Å². The van der Waals surface area contributed by atoms with E-state index in [4.69, 9.17) is 5.73 Å². The van der Waals surface area contributed by atoms with E-state index in [1.807, 2.05) is 23.8 Å². The van der Waals surface area contributed by atoms with Crippen LogP contribution in [0.2, 0.25) is 0 Å². The Bertz CT molecular complexity index is 554. The summed E-state index contributed by atoms with van der Waals surface area (Å²) >= 11 is 1.62. The molecule has 1 aromatic heterocycles. The van der Waals surface area contributed by atoms with Crippen molar-refractivity contribution in [3.63, 3.8) is 0 Å². The molecule has 94 valence electrons. The highest BCUT2D eigenvalue weighted by Gasteiger charge is 2.11. The number of non-ortho nitro benzene ring substituents is 1. The van der Waals surface area contributed by atoms with Crippen LogP contribution in [0.1, 0.15) is 18.5 Å². The highest BCUT2D eigenvalue weighted by molar-refractivity contribution is 7.07.